The Hall–Kier alpha value is -3.22. The summed E-state index contributed by atoms with van der Waals surface area (Å²) in [4.78, 5) is 13.3. The Morgan fingerprint density at radius 2 is 1.90 bits per heavy atom. The smallest absolute Gasteiger partial charge is 0.337 e. The van der Waals surface area contributed by atoms with Crippen molar-refractivity contribution < 1.29 is 17.9 Å². The second-order valence-corrected chi connectivity index (χ2v) is 8.15. The van der Waals surface area contributed by atoms with Crippen LogP contribution >= 0.6 is 0 Å². The number of nitrogens with zero attached hydrogens (tertiary/aromatic N) is 3. The van der Waals surface area contributed by atoms with Crippen LogP contribution in [0.1, 0.15) is 12.5 Å². The number of carbonyl (C=O) groups is 1. The number of hydrogen-bond acceptors (Lipinski definition) is 6. The fraction of sp³-hybridized carbons (Fsp3) is 0.286. The highest BCUT2D eigenvalue weighted by Crippen LogP contribution is 2.28. The van der Waals surface area contributed by atoms with Crippen molar-refractivity contribution in [2.24, 2.45) is 4.40 Å². The molecule has 1 atom stereocenters. The van der Waals surface area contributed by atoms with Crippen molar-refractivity contribution in [2.75, 3.05) is 20.7 Å². The second kappa shape index (κ2) is 10.5. The van der Waals surface area contributed by atoms with E-state index in [4.69, 9.17) is 10.00 Å². The number of ether oxygens (including phenoxy) is 1. The number of nitrogens with one attached hydrogen (secondary N) is 1. The molecule has 1 N–H and O–H groups in total. The Balaban J connectivity index is 2.22. The SMILES string of the molecule is CCOC(=O)C(C#N)NCc1ccc(-c2ccccc2S(=O)(=O)/N=C/N(C)C)cc1. The molecule has 158 valence electrons. The highest BCUT2D eigenvalue weighted by molar-refractivity contribution is 7.90. The molecule has 2 rings (SSSR count). The number of benzene rings is 2. The van der Waals surface area contributed by atoms with Crippen LogP contribution in [0.3, 0.4) is 0 Å². The van der Waals surface area contributed by atoms with E-state index in [0.717, 1.165) is 5.56 Å². The molecule has 1 unspecified atom stereocenters. The van der Waals surface area contributed by atoms with E-state index in [-0.39, 0.29) is 18.0 Å². The summed E-state index contributed by atoms with van der Waals surface area (Å²) >= 11 is 0. The molecule has 0 heterocycles. The molecule has 0 spiro atoms. The highest BCUT2D eigenvalue weighted by atomic mass is 32.2. The molecule has 0 aromatic heterocycles. The van der Waals surface area contributed by atoms with Gasteiger partial charge < -0.3 is 9.64 Å². The Bertz CT molecular complexity index is 1040. The van der Waals surface area contributed by atoms with E-state index >= 15 is 0 Å². The van der Waals surface area contributed by atoms with E-state index in [9.17, 15) is 13.2 Å². The minimum Gasteiger partial charge on any atom is -0.464 e. The predicted molar refractivity (Wildman–Crippen MR) is 114 cm³/mol. The first kappa shape index (κ1) is 23.1. The molecule has 30 heavy (non-hydrogen) atoms. The summed E-state index contributed by atoms with van der Waals surface area (Å²) < 4.78 is 33.8. The molecule has 0 aliphatic heterocycles. The second-order valence-electron chi connectivity index (χ2n) is 6.55. The van der Waals surface area contributed by atoms with Gasteiger partial charge >= 0.3 is 5.97 Å². The van der Waals surface area contributed by atoms with Crippen LogP contribution in [0.2, 0.25) is 0 Å². The third-order valence-corrected chi connectivity index (χ3v) is 5.29. The van der Waals surface area contributed by atoms with Crippen molar-refractivity contribution >= 4 is 22.3 Å². The maximum absolute atomic E-state index is 12.6. The van der Waals surface area contributed by atoms with Crippen LogP contribution in [0.15, 0.2) is 57.8 Å². The predicted octanol–water partition coefficient (Wildman–Crippen LogP) is 2.18. The summed E-state index contributed by atoms with van der Waals surface area (Å²) in [5, 5.41) is 11.9. The quantitative estimate of drug-likeness (QED) is 0.370. The van der Waals surface area contributed by atoms with Crippen LogP contribution in [0, 0.1) is 11.3 Å². The van der Waals surface area contributed by atoms with Gasteiger partial charge in [-0.2, -0.15) is 13.7 Å². The van der Waals surface area contributed by atoms with Gasteiger partial charge in [0, 0.05) is 26.2 Å². The highest BCUT2D eigenvalue weighted by Gasteiger charge is 2.19. The van der Waals surface area contributed by atoms with Crippen molar-refractivity contribution in [2.45, 2.75) is 24.4 Å². The number of carbonyl (C=O) groups excluding carboxylic acids is 1. The zero-order chi connectivity index (χ0) is 22.1. The summed E-state index contributed by atoms with van der Waals surface area (Å²) in [6, 6.07) is 14.6. The molecule has 0 radical (unpaired) electrons. The van der Waals surface area contributed by atoms with Crippen molar-refractivity contribution in [1.82, 2.24) is 10.2 Å². The van der Waals surface area contributed by atoms with Crippen molar-refractivity contribution in [3.8, 4) is 17.2 Å². The average molecular weight is 429 g/mol. The lowest BCUT2D eigenvalue weighted by atomic mass is 10.0. The van der Waals surface area contributed by atoms with E-state index in [1.165, 1.54) is 12.4 Å². The van der Waals surface area contributed by atoms with Gasteiger partial charge in [0.25, 0.3) is 10.0 Å². The fourth-order valence-electron chi connectivity index (χ4n) is 2.57. The van der Waals surface area contributed by atoms with E-state index in [0.29, 0.717) is 11.1 Å². The van der Waals surface area contributed by atoms with Crippen molar-refractivity contribution in [3.05, 3.63) is 54.1 Å². The number of rotatable bonds is 9. The average Bonchev–Trinajstić information content (AvgIpc) is 2.73. The van der Waals surface area contributed by atoms with E-state index < -0.39 is 22.0 Å². The molecule has 9 heteroatoms. The first-order chi connectivity index (χ1) is 14.3. The zero-order valence-corrected chi connectivity index (χ0v) is 17.9. The number of sulfonamides is 1. The third-order valence-electron chi connectivity index (χ3n) is 4.01. The first-order valence-electron chi connectivity index (χ1n) is 9.23. The van der Waals surface area contributed by atoms with Crippen LogP contribution in [-0.4, -0.2) is 52.4 Å². The van der Waals surface area contributed by atoms with Gasteiger partial charge in [-0.05, 0) is 24.1 Å². The Morgan fingerprint density at radius 3 is 2.50 bits per heavy atom. The molecule has 0 amide bonds. The monoisotopic (exact) mass is 428 g/mol. The standard InChI is InChI=1S/C21H24N4O4S/c1-4-29-21(26)19(13-22)23-14-16-9-11-17(12-10-16)18-7-5-6-8-20(18)30(27,28)24-15-25(2)3/h5-12,15,19,23H,4,14H2,1-3H3/b24-15+. The lowest BCUT2D eigenvalue weighted by molar-refractivity contribution is -0.144. The maximum Gasteiger partial charge on any atom is 0.337 e. The molecule has 0 fully saturated rings. The van der Waals surface area contributed by atoms with Crippen LogP contribution < -0.4 is 5.32 Å². The fourth-order valence-corrected chi connectivity index (χ4v) is 3.71. The molecular formula is C21H24N4O4S. The minimum atomic E-state index is -3.86. The van der Waals surface area contributed by atoms with Crippen LogP contribution in [0.25, 0.3) is 11.1 Å². The first-order valence-corrected chi connectivity index (χ1v) is 10.7. The van der Waals surface area contributed by atoms with Crippen LogP contribution in [-0.2, 0) is 26.1 Å². The van der Waals surface area contributed by atoms with Gasteiger partial charge in [-0.25, -0.2) is 4.79 Å². The molecule has 0 saturated carbocycles. The maximum atomic E-state index is 12.6. The lowest BCUT2D eigenvalue weighted by Crippen LogP contribution is -2.36. The summed E-state index contributed by atoms with van der Waals surface area (Å²) in [7, 11) is -0.474. The van der Waals surface area contributed by atoms with Gasteiger partial charge in [0.05, 0.1) is 17.6 Å². The van der Waals surface area contributed by atoms with E-state index in [1.54, 1.807) is 68.4 Å². The Labute approximate surface area is 176 Å². The van der Waals surface area contributed by atoms with Gasteiger partial charge in [0.15, 0.2) is 6.04 Å². The number of esters is 1. The van der Waals surface area contributed by atoms with Gasteiger partial charge in [-0.1, -0.05) is 42.5 Å². The van der Waals surface area contributed by atoms with E-state index in [1.807, 2.05) is 6.07 Å². The largest absolute Gasteiger partial charge is 0.464 e. The molecule has 8 nitrogen and oxygen atoms in total. The Kier molecular flexibility index (Phi) is 8.09. The summed E-state index contributed by atoms with van der Waals surface area (Å²) in [5.41, 5.74) is 2.07. The zero-order valence-electron chi connectivity index (χ0n) is 17.1. The number of nitriles is 1. The summed E-state index contributed by atoms with van der Waals surface area (Å²) in [6.07, 6.45) is 1.25. The summed E-state index contributed by atoms with van der Waals surface area (Å²) in [6.45, 7) is 2.16. The van der Waals surface area contributed by atoms with E-state index in [2.05, 4.69) is 9.71 Å². The van der Waals surface area contributed by atoms with Gasteiger partial charge in [-0.3, -0.25) is 5.32 Å². The molecule has 0 bridgehead atoms. The van der Waals surface area contributed by atoms with Crippen LogP contribution in [0.5, 0.6) is 0 Å². The van der Waals surface area contributed by atoms with Gasteiger partial charge in [0.1, 0.15) is 6.34 Å². The molecule has 2 aromatic carbocycles. The number of hydrogen-bond donors (Lipinski definition) is 1. The van der Waals surface area contributed by atoms with Crippen molar-refractivity contribution in [3.63, 3.8) is 0 Å². The van der Waals surface area contributed by atoms with Crippen molar-refractivity contribution in [1.29, 1.82) is 5.26 Å². The van der Waals surface area contributed by atoms with Crippen LogP contribution in [0.4, 0.5) is 0 Å². The molecule has 0 aliphatic rings. The molecule has 0 aliphatic carbocycles. The molecular weight excluding hydrogens is 404 g/mol. The third kappa shape index (κ3) is 6.14. The lowest BCUT2D eigenvalue weighted by Gasteiger charge is -2.12. The topological polar surface area (TPSA) is 112 Å². The summed E-state index contributed by atoms with van der Waals surface area (Å²) in [5.74, 6) is -0.617. The minimum absolute atomic E-state index is 0.112. The van der Waals surface area contributed by atoms with Gasteiger partial charge in [-0.15, -0.1) is 4.40 Å². The Morgan fingerprint density at radius 1 is 1.23 bits per heavy atom. The molecule has 0 saturated heterocycles. The molecule has 2 aromatic rings. The normalized spacial score (nSPS) is 12.3. The van der Waals surface area contributed by atoms with Gasteiger partial charge in [0.2, 0.25) is 0 Å².